The number of rotatable bonds is 4. The summed E-state index contributed by atoms with van der Waals surface area (Å²) in [5, 5.41) is 16.1. The van der Waals surface area contributed by atoms with Gasteiger partial charge in [-0.2, -0.15) is 0 Å². The van der Waals surface area contributed by atoms with E-state index in [0.717, 1.165) is 33.9 Å². The predicted molar refractivity (Wildman–Crippen MR) is 113 cm³/mol. The van der Waals surface area contributed by atoms with Gasteiger partial charge in [-0.25, -0.2) is 4.68 Å². The molecule has 1 aliphatic heterocycles. The van der Waals surface area contributed by atoms with Gasteiger partial charge in [0.05, 0.1) is 18.8 Å². The van der Waals surface area contributed by atoms with Gasteiger partial charge in [0.2, 0.25) is 0 Å². The quantitative estimate of drug-likeness (QED) is 0.586. The zero-order chi connectivity index (χ0) is 19.5. The molecule has 1 atom stereocenters. The van der Waals surface area contributed by atoms with Crippen LogP contribution in [-0.2, 0) is 6.54 Å². The van der Waals surface area contributed by atoms with E-state index < -0.39 is 0 Å². The Labute approximate surface area is 168 Å². The van der Waals surface area contributed by atoms with E-state index in [1.807, 2.05) is 53.2 Å². The number of nitrogens with one attached hydrogen (secondary N) is 1. The van der Waals surface area contributed by atoms with Gasteiger partial charge in [0.1, 0.15) is 6.04 Å². The minimum atomic E-state index is -0.115. The molecular weight excluding hydrogens is 360 g/mol. The predicted octanol–water partition coefficient (Wildman–Crippen LogP) is 3.73. The number of fused-ring (bicyclic) bond motifs is 1. The standard InChI is InChI=1S/C23H20N6/c1-3-9-17(10-4-1)16-29-23(26-27-28-29)21-15-24-22(18-11-5-2-6-12-18)19-13-7-8-14-20(19)25-21/h1-14,21,25H,15-16H2. The minimum Gasteiger partial charge on any atom is -0.373 e. The summed E-state index contributed by atoms with van der Waals surface area (Å²) in [5.41, 5.74) is 5.36. The smallest absolute Gasteiger partial charge is 0.175 e. The van der Waals surface area contributed by atoms with E-state index in [-0.39, 0.29) is 6.04 Å². The molecule has 142 valence electrons. The van der Waals surface area contributed by atoms with E-state index in [1.165, 1.54) is 0 Å². The molecule has 2 heterocycles. The number of hydrogen-bond donors (Lipinski definition) is 1. The molecule has 1 aromatic heterocycles. The van der Waals surface area contributed by atoms with Gasteiger partial charge < -0.3 is 5.32 Å². The van der Waals surface area contributed by atoms with Gasteiger partial charge in [-0.15, -0.1) is 5.10 Å². The van der Waals surface area contributed by atoms with E-state index >= 15 is 0 Å². The van der Waals surface area contributed by atoms with Gasteiger partial charge in [0.25, 0.3) is 0 Å². The Morgan fingerprint density at radius 2 is 1.59 bits per heavy atom. The van der Waals surface area contributed by atoms with Crippen LogP contribution in [0.2, 0.25) is 0 Å². The Kier molecular flexibility index (Phi) is 4.58. The van der Waals surface area contributed by atoms with Crippen molar-refractivity contribution < 1.29 is 0 Å². The molecule has 0 spiro atoms. The third-order valence-electron chi connectivity index (χ3n) is 5.04. The van der Waals surface area contributed by atoms with E-state index in [1.54, 1.807) is 0 Å². The first-order chi connectivity index (χ1) is 14.4. The number of tetrazole rings is 1. The third kappa shape index (κ3) is 3.52. The number of aromatic nitrogens is 4. The molecule has 1 unspecified atom stereocenters. The number of benzene rings is 3. The highest BCUT2D eigenvalue weighted by Crippen LogP contribution is 2.28. The maximum atomic E-state index is 4.97. The van der Waals surface area contributed by atoms with Crippen molar-refractivity contribution in [2.45, 2.75) is 12.6 Å². The van der Waals surface area contributed by atoms with Crippen molar-refractivity contribution >= 4 is 11.4 Å². The van der Waals surface area contributed by atoms with Crippen molar-refractivity contribution in [2.75, 3.05) is 11.9 Å². The van der Waals surface area contributed by atoms with E-state index in [2.05, 4.69) is 57.2 Å². The number of nitrogens with zero attached hydrogens (tertiary/aromatic N) is 5. The van der Waals surface area contributed by atoms with Gasteiger partial charge in [-0.3, -0.25) is 4.99 Å². The van der Waals surface area contributed by atoms with Crippen LogP contribution in [0.15, 0.2) is 89.9 Å². The molecular formula is C23H20N6. The molecule has 0 fully saturated rings. The Morgan fingerprint density at radius 1 is 0.862 bits per heavy atom. The SMILES string of the molecule is c1ccc(Cn2nnnc2C2CN=C(c3ccccc3)c3ccccc3N2)cc1. The molecule has 1 N–H and O–H groups in total. The zero-order valence-electron chi connectivity index (χ0n) is 15.8. The minimum absolute atomic E-state index is 0.115. The second-order valence-corrected chi connectivity index (χ2v) is 6.98. The number of anilines is 1. The molecule has 1 aliphatic rings. The zero-order valence-corrected chi connectivity index (χ0v) is 15.8. The average Bonchev–Trinajstić information content (AvgIpc) is 3.14. The van der Waals surface area contributed by atoms with Gasteiger partial charge in [0.15, 0.2) is 5.82 Å². The van der Waals surface area contributed by atoms with Crippen molar-refractivity contribution in [1.29, 1.82) is 0 Å². The second kappa shape index (κ2) is 7.67. The number of benzodiazepines with no additional fused rings is 1. The summed E-state index contributed by atoms with van der Waals surface area (Å²) in [5.74, 6) is 0.779. The Morgan fingerprint density at radius 3 is 2.41 bits per heavy atom. The number of aliphatic imine (C=N–C) groups is 1. The number of para-hydroxylation sites is 1. The van der Waals surface area contributed by atoms with Crippen molar-refractivity contribution in [2.24, 2.45) is 4.99 Å². The molecule has 4 aromatic rings. The summed E-state index contributed by atoms with van der Waals surface area (Å²) >= 11 is 0. The molecule has 0 amide bonds. The average molecular weight is 380 g/mol. The molecule has 0 saturated carbocycles. The lowest BCUT2D eigenvalue weighted by Gasteiger charge is -2.17. The summed E-state index contributed by atoms with van der Waals surface area (Å²) < 4.78 is 1.85. The van der Waals surface area contributed by atoms with Crippen molar-refractivity contribution in [3.05, 3.63) is 107 Å². The van der Waals surface area contributed by atoms with E-state index in [4.69, 9.17) is 4.99 Å². The molecule has 3 aromatic carbocycles. The highest BCUT2D eigenvalue weighted by Gasteiger charge is 2.24. The van der Waals surface area contributed by atoms with Crippen LogP contribution in [0.1, 0.15) is 28.6 Å². The topological polar surface area (TPSA) is 68.0 Å². The fourth-order valence-electron chi connectivity index (χ4n) is 3.64. The van der Waals surface area contributed by atoms with Gasteiger partial charge >= 0.3 is 0 Å². The largest absolute Gasteiger partial charge is 0.373 e. The summed E-state index contributed by atoms with van der Waals surface area (Å²) in [6.45, 7) is 1.17. The molecule has 0 aliphatic carbocycles. The van der Waals surface area contributed by atoms with Crippen molar-refractivity contribution in [3.8, 4) is 0 Å². The molecule has 0 bridgehead atoms. The second-order valence-electron chi connectivity index (χ2n) is 6.98. The van der Waals surface area contributed by atoms with E-state index in [0.29, 0.717) is 13.1 Å². The Hall–Kier alpha value is -3.80. The maximum Gasteiger partial charge on any atom is 0.175 e. The van der Waals surface area contributed by atoms with Crippen LogP contribution >= 0.6 is 0 Å². The molecule has 6 heteroatoms. The lowest BCUT2D eigenvalue weighted by molar-refractivity contribution is 0.589. The van der Waals surface area contributed by atoms with Gasteiger partial charge in [-0.1, -0.05) is 78.9 Å². The monoisotopic (exact) mass is 380 g/mol. The van der Waals surface area contributed by atoms with Crippen LogP contribution in [0.5, 0.6) is 0 Å². The van der Waals surface area contributed by atoms with Crippen LogP contribution in [0.3, 0.4) is 0 Å². The lowest BCUT2D eigenvalue weighted by Crippen LogP contribution is -2.20. The molecule has 0 saturated heterocycles. The first kappa shape index (κ1) is 17.3. The van der Waals surface area contributed by atoms with Crippen LogP contribution in [0.4, 0.5) is 5.69 Å². The Balaban J connectivity index is 1.51. The van der Waals surface area contributed by atoms with Crippen molar-refractivity contribution in [1.82, 2.24) is 20.2 Å². The Bertz CT molecular complexity index is 1130. The maximum absolute atomic E-state index is 4.97. The summed E-state index contributed by atoms with van der Waals surface area (Å²) in [6, 6.07) is 28.6. The first-order valence-electron chi connectivity index (χ1n) is 9.64. The highest BCUT2D eigenvalue weighted by molar-refractivity contribution is 6.16. The van der Waals surface area contributed by atoms with Crippen molar-refractivity contribution in [3.63, 3.8) is 0 Å². The van der Waals surface area contributed by atoms with Gasteiger partial charge in [0, 0.05) is 16.8 Å². The van der Waals surface area contributed by atoms with Crippen LogP contribution in [-0.4, -0.2) is 32.5 Å². The van der Waals surface area contributed by atoms with Gasteiger partial charge in [-0.05, 0) is 22.1 Å². The number of hydrogen-bond acceptors (Lipinski definition) is 5. The van der Waals surface area contributed by atoms with Crippen LogP contribution < -0.4 is 5.32 Å². The molecule has 5 rings (SSSR count). The summed E-state index contributed by atoms with van der Waals surface area (Å²) in [4.78, 5) is 4.97. The fraction of sp³-hybridized carbons (Fsp3) is 0.130. The normalized spacial score (nSPS) is 15.7. The molecule has 6 nitrogen and oxygen atoms in total. The molecule has 0 radical (unpaired) electrons. The third-order valence-corrected chi connectivity index (χ3v) is 5.04. The van der Waals surface area contributed by atoms with E-state index in [9.17, 15) is 0 Å². The first-order valence-corrected chi connectivity index (χ1v) is 9.64. The lowest BCUT2D eigenvalue weighted by atomic mass is 10.0. The highest BCUT2D eigenvalue weighted by atomic mass is 15.5. The van der Waals surface area contributed by atoms with Crippen LogP contribution in [0.25, 0.3) is 0 Å². The summed E-state index contributed by atoms with van der Waals surface area (Å²) in [6.07, 6.45) is 0. The fourth-order valence-corrected chi connectivity index (χ4v) is 3.64. The van der Waals surface area contributed by atoms with Crippen LogP contribution in [0, 0.1) is 0 Å². The summed E-state index contributed by atoms with van der Waals surface area (Å²) in [7, 11) is 0. The molecule has 29 heavy (non-hydrogen) atoms.